The van der Waals surface area contributed by atoms with Gasteiger partial charge in [0.1, 0.15) is 37.4 Å². The Kier molecular flexibility index (Phi) is 6.26. The second-order valence-corrected chi connectivity index (χ2v) is 9.72. The van der Waals surface area contributed by atoms with Gasteiger partial charge in [0.15, 0.2) is 0 Å². The van der Waals surface area contributed by atoms with E-state index in [-0.39, 0.29) is 12.2 Å². The Morgan fingerprint density at radius 3 is 2.56 bits per heavy atom. The van der Waals surface area contributed by atoms with E-state index in [1.165, 1.54) is 6.42 Å². The molecule has 1 N–H and O–H groups in total. The van der Waals surface area contributed by atoms with Crippen molar-refractivity contribution in [1.29, 1.82) is 5.26 Å². The maximum Gasteiger partial charge on any atom is 0.411 e. The Labute approximate surface area is 209 Å². The topological polar surface area (TPSA) is 94.7 Å². The molecule has 2 saturated carbocycles. The highest BCUT2D eigenvalue weighted by Crippen LogP contribution is 2.43. The predicted octanol–water partition coefficient (Wildman–Crippen LogP) is 5.76. The summed E-state index contributed by atoms with van der Waals surface area (Å²) in [6.07, 6.45) is 5.88. The van der Waals surface area contributed by atoms with Crippen molar-refractivity contribution >= 4 is 22.7 Å². The largest absolute Gasteiger partial charge is 0.491 e. The maximum atomic E-state index is 12.1. The number of ether oxygens (including phenoxy) is 4. The number of carbonyl (C=O) groups excluding carboxylic acids is 1. The summed E-state index contributed by atoms with van der Waals surface area (Å²) < 4.78 is 24.4. The first kappa shape index (κ1) is 22.9. The number of benzene rings is 2. The second kappa shape index (κ2) is 9.84. The third kappa shape index (κ3) is 4.41. The van der Waals surface area contributed by atoms with Crippen molar-refractivity contribution < 1.29 is 23.7 Å². The minimum absolute atomic E-state index is 0.0357. The Bertz CT molecular complexity index is 1300. The van der Waals surface area contributed by atoms with Crippen LogP contribution in [0, 0.1) is 11.3 Å². The van der Waals surface area contributed by atoms with Crippen molar-refractivity contribution in [3.63, 3.8) is 0 Å². The standard InChI is InChI=1S/C28H29N3O5/c29-14-25-24-13-22(34-16-23-15-33-17-35-23)11-12-26(24)31(20-3-1-4-20)27(25)18-7-9-19(10-8-18)30-28(32)36-21-5-2-6-21/h7-13,20-21,23H,1-6,15-17H2,(H,30,32). The van der Waals surface area contributed by atoms with Gasteiger partial charge in [0, 0.05) is 17.1 Å². The lowest BCUT2D eigenvalue weighted by Crippen LogP contribution is -2.27. The van der Waals surface area contributed by atoms with Crippen LogP contribution >= 0.6 is 0 Å². The Balaban J connectivity index is 1.30. The molecule has 1 aliphatic heterocycles. The number of aromatic nitrogens is 1. The van der Waals surface area contributed by atoms with Gasteiger partial charge in [-0.1, -0.05) is 12.1 Å². The summed E-state index contributed by atoms with van der Waals surface area (Å²) in [4.78, 5) is 12.1. The number of hydrogen-bond acceptors (Lipinski definition) is 6. The van der Waals surface area contributed by atoms with Gasteiger partial charge in [-0.3, -0.25) is 5.32 Å². The van der Waals surface area contributed by atoms with Gasteiger partial charge in [-0.15, -0.1) is 0 Å². The highest BCUT2D eigenvalue weighted by atomic mass is 16.7. The second-order valence-electron chi connectivity index (χ2n) is 9.72. The molecule has 2 aromatic carbocycles. The molecule has 1 atom stereocenters. The first-order valence-corrected chi connectivity index (χ1v) is 12.7. The molecule has 3 aliphatic rings. The van der Waals surface area contributed by atoms with E-state index in [2.05, 4.69) is 16.0 Å². The number of hydrogen-bond donors (Lipinski definition) is 1. The molecular weight excluding hydrogens is 458 g/mol. The van der Waals surface area contributed by atoms with Crippen molar-refractivity contribution in [2.24, 2.45) is 0 Å². The normalized spacial score (nSPS) is 19.9. The quantitative estimate of drug-likeness (QED) is 0.455. The summed E-state index contributed by atoms with van der Waals surface area (Å²) in [7, 11) is 0. The number of nitrogens with one attached hydrogen (secondary N) is 1. The molecule has 1 saturated heterocycles. The smallest absolute Gasteiger partial charge is 0.411 e. The van der Waals surface area contributed by atoms with Crippen LogP contribution in [0.4, 0.5) is 10.5 Å². The summed E-state index contributed by atoms with van der Waals surface area (Å²) in [6, 6.07) is 16.4. The fourth-order valence-corrected chi connectivity index (χ4v) is 4.96. The van der Waals surface area contributed by atoms with Gasteiger partial charge in [-0.05, 0) is 74.4 Å². The monoisotopic (exact) mass is 487 g/mol. The zero-order valence-electron chi connectivity index (χ0n) is 20.1. The van der Waals surface area contributed by atoms with Crippen LogP contribution in [-0.4, -0.2) is 42.9 Å². The molecule has 3 fully saturated rings. The molecule has 0 radical (unpaired) electrons. The molecule has 8 heteroatoms. The number of nitriles is 1. The number of anilines is 1. The zero-order valence-corrected chi connectivity index (χ0v) is 20.1. The van der Waals surface area contributed by atoms with E-state index < -0.39 is 6.09 Å². The molecule has 186 valence electrons. The average Bonchev–Trinajstić information content (AvgIpc) is 3.46. The lowest BCUT2D eigenvalue weighted by atomic mass is 9.92. The summed E-state index contributed by atoms with van der Waals surface area (Å²) in [5, 5.41) is 13.9. The van der Waals surface area contributed by atoms with Crippen LogP contribution in [0.25, 0.3) is 22.2 Å². The summed E-state index contributed by atoms with van der Waals surface area (Å²) in [5.74, 6) is 0.705. The molecule has 0 spiro atoms. The lowest BCUT2D eigenvalue weighted by Gasteiger charge is -2.30. The zero-order chi connectivity index (χ0) is 24.5. The van der Waals surface area contributed by atoms with Crippen LogP contribution in [0.5, 0.6) is 5.75 Å². The third-order valence-corrected chi connectivity index (χ3v) is 7.38. The van der Waals surface area contributed by atoms with Crippen LogP contribution < -0.4 is 10.1 Å². The van der Waals surface area contributed by atoms with Crippen molar-refractivity contribution in [2.75, 3.05) is 25.3 Å². The number of rotatable bonds is 7. The molecule has 36 heavy (non-hydrogen) atoms. The van der Waals surface area contributed by atoms with Crippen molar-refractivity contribution in [1.82, 2.24) is 4.57 Å². The molecule has 3 aromatic rings. The summed E-state index contributed by atoms with van der Waals surface area (Å²) >= 11 is 0. The van der Waals surface area contributed by atoms with Crippen molar-refractivity contribution in [2.45, 2.75) is 56.8 Å². The van der Waals surface area contributed by atoms with E-state index in [1.54, 1.807) is 0 Å². The minimum atomic E-state index is -0.421. The maximum absolute atomic E-state index is 12.1. The average molecular weight is 488 g/mol. The van der Waals surface area contributed by atoms with Crippen LogP contribution in [-0.2, 0) is 14.2 Å². The number of fused-ring (bicyclic) bond motifs is 1. The molecule has 1 amide bonds. The van der Waals surface area contributed by atoms with Crippen LogP contribution in [0.3, 0.4) is 0 Å². The SMILES string of the molecule is N#Cc1c(-c2ccc(NC(=O)OC3CCC3)cc2)n(C2CCC2)c2ccc(OCC3COCO3)cc12. The van der Waals surface area contributed by atoms with Gasteiger partial charge < -0.3 is 23.5 Å². The molecular formula is C28H29N3O5. The van der Waals surface area contributed by atoms with Gasteiger partial charge in [0.05, 0.1) is 23.4 Å². The summed E-state index contributed by atoms with van der Waals surface area (Å²) in [5.41, 5.74) is 4.18. The van der Waals surface area contributed by atoms with Gasteiger partial charge in [-0.25, -0.2) is 4.79 Å². The molecule has 2 aliphatic carbocycles. The van der Waals surface area contributed by atoms with Gasteiger partial charge in [0.25, 0.3) is 0 Å². The minimum Gasteiger partial charge on any atom is -0.491 e. The van der Waals surface area contributed by atoms with E-state index in [4.69, 9.17) is 18.9 Å². The first-order chi connectivity index (χ1) is 17.7. The molecule has 1 unspecified atom stereocenters. The van der Waals surface area contributed by atoms with Gasteiger partial charge in [0.2, 0.25) is 0 Å². The van der Waals surface area contributed by atoms with Crippen LogP contribution in [0.15, 0.2) is 42.5 Å². The fourth-order valence-electron chi connectivity index (χ4n) is 4.96. The molecule has 2 heterocycles. The molecule has 0 bridgehead atoms. The highest BCUT2D eigenvalue weighted by Gasteiger charge is 2.28. The van der Waals surface area contributed by atoms with E-state index in [1.807, 2.05) is 42.5 Å². The molecule has 8 nitrogen and oxygen atoms in total. The van der Waals surface area contributed by atoms with E-state index in [0.717, 1.165) is 54.3 Å². The van der Waals surface area contributed by atoms with Crippen molar-refractivity contribution in [3.8, 4) is 23.1 Å². The highest BCUT2D eigenvalue weighted by molar-refractivity contribution is 5.96. The van der Waals surface area contributed by atoms with E-state index in [0.29, 0.717) is 43.0 Å². The van der Waals surface area contributed by atoms with Crippen LogP contribution in [0.1, 0.15) is 50.1 Å². The summed E-state index contributed by atoms with van der Waals surface area (Å²) in [6.45, 7) is 1.23. The van der Waals surface area contributed by atoms with Crippen LogP contribution in [0.2, 0.25) is 0 Å². The number of amides is 1. The van der Waals surface area contributed by atoms with Gasteiger partial charge >= 0.3 is 6.09 Å². The van der Waals surface area contributed by atoms with Crippen molar-refractivity contribution in [3.05, 3.63) is 48.0 Å². The first-order valence-electron chi connectivity index (χ1n) is 12.7. The Morgan fingerprint density at radius 2 is 1.92 bits per heavy atom. The Morgan fingerprint density at radius 1 is 1.11 bits per heavy atom. The fraction of sp³-hybridized carbons (Fsp3) is 0.429. The van der Waals surface area contributed by atoms with Gasteiger partial charge in [-0.2, -0.15) is 5.26 Å². The van der Waals surface area contributed by atoms with E-state index >= 15 is 0 Å². The number of carbonyl (C=O) groups is 1. The lowest BCUT2D eigenvalue weighted by molar-refractivity contribution is 0.0320. The van der Waals surface area contributed by atoms with E-state index in [9.17, 15) is 10.1 Å². The predicted molar refractivity (Wildman–Crippen MR) is 134 cm³/mol. The molecule has 1 aromatic heterocycles. The third-order valence-electron chi connectivity index (χ3n) is 7.38. The number of nitrogens with zero attached hydrogens (tertiary/aromatic N) is 2. The molecule has 6 rings (SSSR count). The Hall–Kier alpha value is -3.54.